The highest BCUT2D eigenvalue weighted by atomic mass is 79.9. The molecule has 1 aliphatic heterocycles. The number of fused-ring (bicyclic) bond motifs is 1. The minimum absolute atomic E-state index is 0.114. The average molecular weight is 536 g/mol. The Morgan fingerprint density at radius 1 is 0.969 bits per heavy atom. The normalized spacial score (nSPS) is 14.7. The van der Waals surface area contributed by atoms with E-state index >= 15 is 0 Å². The summed E-state index contributed by atoms with van der Waals surface area (Å²) < 4.78 is 56.2. The zero-order valence-corrected chi connectivity index (χ0v) is 20.5. The molecule has 0 unspecified atom stereocenters. The number of aromatic nitrogens is 1. The molecular formula is C22H22BrN3O4S2. The van der Waals surface area contributed by atoms with Crippen LogP contribution in [0.1, 0.15) is 23.6 Å². The predicted molar refractivity (Wildman–Crippen MR) is 126 cm³/mol. The highest BCUT2D eigenvalue weighted by Crippen LogP contribution is 2.28. The third kappa shape index (κ3) is 4.73. The molecule has 0 bridgehead atoms. The summed E-state index contributed by atoms with van der Waals surface area (Å²) in [5, 5.41) is 0. The summed E-state index contributed by atoms with van der Waals surface area (Å²) in [7, 11) is -7.47. The van der Waals surface area contributed by atoms with E-state index in [1.54, 1.807) is 36.4 Å². The molecule has 0 radical (unpaired) electrons. The van der Waals surface area contributed by atoms with E-state index in [9.17, 15) is 16.8 Å². The first-order chi connectivity index (χ1) is 15.2. The molecule has 0 amide bonds. The molecule has 10 heteroatoms. The van der Waals surface area contributed by atoms with Crippen LogP contribution in [0.5, 0.6) is 0 Å². The average Bonchev–Trinajstić information content (AvgIpc) is 2.78. The van der Waals surface area contributed by atoms with Crippen LogP contribution in [-0.2, 0) is 39.4 Å². The van der Waals surface area contributed by atoms with Gasteiger partial charge < -0.3 is 0 Å². The zero-order chi connectivity index (χ0) is 22.9. The van der Waals surface area contributed by atoms with Gasteiger partial charge >= 0.3 is 0 Å². The van der Waals surface area contributed by atoms with Gasteiger partial charge in [0.05, 0.1) is 4.90 Å². The Labute approximate surface area is 196 Å². The highest BCUT2D eigenvalue weighted by Gasteiger charge is 2.29. The van der Waals surface area contributed by atoms with Gasteiger partial charge in [0.15, 0.2) is 0 Å². The molecule has 4 rings (SSSR count). The Balaban J connectivity index is 1.57. The number of sulfonamides is 2. The van der Waals surface area contributed by atoms with E-state index in [4.69, 9.17) is 0 Å². The highest BCUT2D eigenvalue weighted by molar-refractivity contribution is 9.10. The minimum atomic E-state index is -3.75. The van der Waals surface area contributed by atoms with Crippen LogP contribution in [-0.4, -0.2) is 32.7 Å². The number of aryl methyl sites for hydroxylation is 1. The van der Waals surface area contributed by atoms with Crippen molar-refractivity contribution in [2.75, 3.05) is 11.3 Å². The predicted octanol–water partition coefficient (Wildman–Crippen LogP) is 3.95. The Kier molecular flexibility index (Phi) is 6.39. The summed E-state index contributed by atoms with van der Waals surface area (Å²) in [6.07, 6.45) is 4.22. The lowest BCUT2D eigenvalue weighted by Gasteiger charge is -2.28. The molecule has 1 aromatic heterocycles. The fraction of sp³-hybridized carbons (Fsp3) is 0.227. The van der Waals surface area contributed by atoms with Gasteiger partial charge in [-0.3, -0.25) is 9.71 Å². The first-order valence-electron chi connectivity index (χ1n) is 10.0. The number of halogens is 1. The van der Waals surface area contributed by atoms with Crippen LogP contribution in [0, 0.1) is 0 Å². The minimum Gasteiger partial charge on any atom is -0.280 e. The van der Waals surface area contributed by atoms with E-state index in [1.807, 2.05) is 13.0 Å². The number of anilines is 1. The Morgan fingerprint density at radius 3 is 2.41 bits per heavy atom. The molecule has 0 saturated carbocycles. The molecule has 0 atom stereocenters. The van der Waals surface area contributed by atoms with E-state index in [1.165, 1.54) is 22.8 Å². The second kappa shape index (κ2) is 8.93. The fourth-order valence-corrected chi connectivity index (χ4v) is 6.58. The number of nitrogens with zero attached hydrogens (tertiary/aromatic N) is 2. The molecule has 1 aliphatic rings. The summed E-state index contributed by atoms with van der Waals surface area (Å²) in [6.45, 7) is 2.51. The number of pyridine rings is 1. The summed E-state index contributed by atoms with van der Waals surface area (Å²) >= 11 is 3.26. The first kappa shape index (κ1) is 22.9. The second-order valence-corrected chi connectivity index (χ2v) is 12.0. The molecule has 32 heavy (non-hydrogen) atoms. The maximum atomic E-state index is 13.1. The lowest BCUT2D eigenvalue weighted by atomic mass is 10.0. The monoisotopic (exact) mass is 535 g/mol. The molecule has 0 aliphatic carbocycles. The zero-order valence-electron chi connectivity index (χ0n) is 17.3. The molecule has 7 nitrogen and oxygen atoms in total. The van der Waals surface area contributed by atoms with E-state index in [-0.39, 0.29) is 16.3 Å². The molecule has 168 valence electrons. The van der Waals surface area contributed by atoms with Gasteiger partial charge in [-0.1, -0.05) is 25.1 Å². The quantitative estimate of drug-likeness (QED) is 0.515. The van der Waals surface area contributed by atoms with Gasteiger partial charge in [0.1, 0.15) is 4.90 Å². The van der Waals surface area contributed by atoms with Crippen molar-refractivity contribution >= 4 is 41.7 Å². The van der Waals surface area contributed by atoms with Crippen molar-refractivity contribution in [2.45, 2.75) is 36.1 Å². The van der Waals surface area contributed by atoms with Crippen LogP contribution in [0.15, 0.2) is 75.2 Å². The molecule has 0 spiro atoms. The molecule has 2 aromatic carbocycles. The summed E-state index contributed by atoms with van der Waals surface area (Å²) in [4.78, 5) is 4.25. The fourth-order valence-electron chi connectivity index (χ4n) is 3.60. The number of hydrogen-bond acceptors (Lipinski definition) is 5. The molecule has 3 aromatic rings. The molecule has 0 saturated heterocycles. The summed E-state index contributed by atoms with van der Waals surface area (Å²) in [5.41, 5.74) is 3.22. The smallest absolute Gasteiger partial charge is 0.261 e. The van der Waals surface area contributed by atoms with Gasteiger partial charge in [0, 0.05) is 35.6 Å². The van der Waals surface area contributed by atoms with Crippen molar-refractivity contribution in [2.24, 2.45) is 0 Å². The summed E-state index contributed by atoms with van der Waals surface area (Å²) in [6, 6.07) is 13.5. The second-order valence-electron chi connectivity index (χ2n) is 7.51. The van der Waals surface area contributed by atoms with Crippen molar-refractivity contribution in [3.05, 3.63) is 82.1 Å². The number of benzene rings is 2. The van der Waals surface area contributed by atoms with Gasteiger partial charge in [-0.2, -0.15) is 4.31 Å². The SMILES string of the molecule is CCc1ccc(S(=O)(=O)Nc2ccc3c(c2)CN(S(=O)(=O)c2cncc(Br)c2)CC3)cc1. The number of rotatable bonds is 6. The van der Waals surface area contributed by atoms with E-state index < -0.39 is 20.0 Å². The van der Waals surface area contributed by atoms with E-state index in [0.717, 1.165) is 23.1 Å². The third-order valence-corrected chi connectivity index (χ3v) is 9.04. The van der Waals surface area contributed by atoms with Crippen molar-refractivity contribution in [1.82, 2.24) is 9.29 Å². The third-order valence-electron chi connectivity index (χ3n) is 5.40. The van der Waals surface area contributed by atoms with Crippen molar-refractivity contribution in [3.63, 3.8) is 0 Å². The maximum absolute atomic E-state index is 13.1. The lowest BCUT2D eigenvalue weighted by molar-refractivity contribution is 0.391. The lowest BCUT2D eigenvalue weighted by Crippen LogP contribution is -2.36. The van der Waals surface area contributed by atoms with Crippen molar-refractivity contribution in [3.8, 4) is 0 Å². The largest absolute Gasteiger partial charge is 0.280 e. The number of hydrogen-bond donors (Lipinski definition) is 1. The van der Waals surface area contributed by atoms with Crippen LogP contribution >= 0.6 is 15.9 Å². The number of nitrogens with one attached hydrogen (secondary N) is 1. The van der Waals surface area contributed by atoms with Gasteiger partial charge in [0.2, 0.25) is 10.0 Å². The van der Waals surface area contributed by atoms with Crippen molar-refractivity contribution < 1.29 is 16.8 Å². The van der Waals surface area contributed by atoms with Crippen molar-refractivity contribution in [1.29, 1.82) is 0 Å². The maximum Gasteiger partial charge on any atom is 0.261 e. The Bertz CT molecular complexity index is 1360. The topological polar surface area (TPSA) is 96.4 Å². The van der Waals surface area contributed by atoms with Gasteiger partial charge in [-0.05, 0) is 75.8 Å². The van der Waals surface area contributed by atoms with Gasteiger partial charge in [0.25, 0.3) is 10.0 Å². The standard InChI is InChI=1S/C22H22BrN3O4S2/c1-2-16-3-7-21(8-4-16)31(27,28)25-20-6-5-17-9-10-26(15-18(17)11-20)32(29,30)22-12-19(23)13-24-14-22/h3-8,11-14,25H,2,9-10,15H2,1H3. The molecular weight excluding hydrogens is 514 g/mol. The van der Waals surface area contributed by atoms with Crippen LogP contribution in [0.3, 0.4) is 0 Å². The summed E-state index contributed by atoms with van der Waals surface area (Å²) in [5.74, 6) is 0. The molecule has 2 heterocycles. The molecule has 1 N–H and O–H groups in total. The van der Waals surface area contributed by atoms with Gasteiger partial charge in [-0.25, -0.2) is 16.8 Å². The van der Waals surface area contributed by atoms with Crippen LogP contribution in [0.25, 0.3) is 0 Å². The first-order valence-corrected chi connectivity index (χ1v) is 13.7. The van der Waals surface area contributed by atoms with Crippen LogP contribution in [0.2, 0.25) is 0 Å². The van der Waals surface area contributed by atoms with Crippen LogP contribution in [0.4, 0.5) is 5.69 Å². The van der Waals surface area contributed by atoms with Crippen LogP contribution < -0.4 is 4.72 Å². The Morgan fingerprint density at radius 2 is 1.72 bits per heavy atom. The Hall–Kier alpha value is -2.27. The van der Waals surface area contributed by atoms with Gasteiger partial charge in [-0.15, -0.1) is 0 Å². The van der Waals surface area contributed by atoms with E-state index in [2.05, 4.69) is 25.6 Å². The molecule has 0 fully saturated rings. The van der Waals surface area contributed by atoms with E-state index in [0.29, 0.717) is 23.1 Å².